The molecule has 0 N–H and O–H groups in total. The third-order valence-electron chi connectivity index (χ3n) is 2.55. The number of rotatable bonds is 5. The van der Waals surface area contributed by atoms with Crippen LogP contribution in [0.3, 0.4) is 0 Å². The maximum absolute atomic E-state index is 11.7. The molecule has 0 aliphatic heterocycles. The van der Waals surface area contributed by atoms with Crippen LogP contribution in [0.4, 0.5) is 0 Å². The largest absolute Gasteiger partial charge is 0.467 e. The summed E-state index contributed by atoms with van der Waals surface area (Å²) < 4.78 is 19.9. The van der Waals surface area contributed by atoms with Gasteiger partial charge in [0.2, 0.25) is 0 Å². The van der Waals surface area contributed by atoms with E-state index in [9.17, 15) is 9.59 Å². The normalized spacial score (nSPS) is 10.5. The van der Waals surface area contributed by atoms with E-state index in [-0.39, 0.29) is 19.0 Å². The van der Waals surface area contributed by atoms with Crippen LogP contribution in [0.1, 0.15) is 17.3 Å². The molecule has 0 amide bonds. The number of methoxy groups -OCH3 is 1. The van der Waals surface area contributed by atoms with Crippen LogP contribution in [0.5, 0.6) is 5.75 Å². The van der Waals surface area contributed by atoms with Gasteiger partial charge in [0.25, 0.3) is 0 Å². The van der Waals surface area contributed by atoms with Gasteiger partial charge in [-0.1, -0.05) is 0 Å². The van der Waals surface area contributed by atoms with Crippen LogP contribution in [0.25, 0.3) is 11.0 Å². The third-order valence-corrected chi connectivity index (χ3v) is 2.55. The number of ether oxygens (including phenoxy) is 3. The SMILES string of the molecule is CCOC(=O)c1cc2ccc(OCOC)cc2oc1=O. The Balaban J connectivity index is 2.40. The van der Waals surface area contributed by atoms with Crippen LogP contribution in [0.15, 0.2) is 33.5 Å². The number of carbonyl (C=O) groups excluding carboxylic acids is 1. The van der Waals surface area contributed by atoms with Gasteiger partial charge in [-0.05, 0) is 25.1 Å². The predicted molar refractivity (Wildman–Crippen MR) is 70.9 cm³/mol. The Kier molecular flexibility index (Phi) is 4.37. The maximum Gasteiger partial charge on any atom is 0.351 e. The standard InChI is InChI=1S/C14H14O6/c1-3-18-13(15)11-6-9-4-5-10(19-8-17-2)7-12(9)20-14(11)16/h4-7H,3,8H2,1-2H3. The van der Waals surface area contributed by atoms with Gasteiger partial charge in [0, 0.05) is 18.6 Å². The average molecular weight is 278 g/mol. The van der Waals surface area contributed by atoms with Crippen LogP contribution in [0, 0.1) is 0 Å². The molecule has 0 saturated heterocycles. The van der Waals surface area contributed by atoms with Gasteiger partial charge >= 0.3 is 11.6 Å². The molecule has 2 rings (SSSR count). The molecule has 6 nitrogen and oxygen atoms in total. The summed E-state index contributed by atoms with van der Waals surface area (Å²) in [5.41, 5.74) is -0.526. The van der Waals surface area contributed by atoms with Gasteiger partial charge in [0.1, 0.15) is 16.9 Å². The first-order valence-corrected chi connectivity index (χ1v) is 6.02. The molecule has 0 spiro atoms. The van der Waals surface area contributed by atoms with Crippen molar-refractivity contribution in [3.63, 3.8) is 0 Å². The summed E-state index contributed by atoms with van der Waals surface area (Å²) in [6.07, 6.45) is 0. The summed E-state index contributed by atoms with van der Waals surface area (Å²) >= 11 is 0. The zero-order chi connectivity index (χ0) is 14.5. The summed E-state index contributed by atoms with van der Waals surface area (Å²) in [7, 11) is 1.51. The zero-order valence-electron chi connectivity index (χ0n) is 11.2. The quantitative estimate of drug-likeness (QED) is 0.473. The van der Waals surface area contributed by atoms with Crippen molar-refractivity contribution in [3.05, 3.63) is 40.2 Å². The number of fused-ring (bicyclic) bond motifs is 1. The second-order valence-electron chi connectivity index (χ2n) is 3.92. The molecular formula is C14H14O6. The van der Waals surface area contributed by atoms with E-state index in [2.05, 4.69) is 0 Å². The molecule has 0 unspecified atom stereocenters. The highest BCUT2D eigenvalue weighted by Crippen LogP contribution is 2.20. The van der Waals surface area contributed by atoms with E-state index in [1.165, 1.54) is 13.2 Å². The van der Waals surface area contributed by atoms with Gasteiger partial charge in [-0.25, -0.2) is 9.59 Å². The minimum absolute atomic E-state index is 0.0939. The lowest BCUT2D eigenvalue weighted by atomic mass is 10.2. The summed E-state index contributed by atoms with van der Waals surface area (Å²) in [5.74, 6) is -0.186. The first-order chi connectivity index (χ1) is 9.65. The second kappa shape index (κ2) is 6.21. The molecule has 0 atom stereocenters. The molecule has 0 bridgehead atoms. The minimum atomic E-state index is -0.736. The molecule has 0 radical (unpaired) electrons. The van der Waals surface area contributed by atoms with Crippen molar-refractivity contribution in [2.75, 3.05) is 20.5 Å². The Bertz CT molecular complexity index is 673. The van der Waals surface area contributed by atoms with Crippen LogP contribution < -0.4 is 10.4 Å². The molecule has 6 heteroatoms. The van der Waals surface area contributed by atoms with E-state index in [0.717, 1.165) is 0 Å². The molecular weight excluding hydrogens is 264 g/mol. The van der Waals surface area contributed by atoms with Gasteiger partial charge in [0.05, 0.1) is 6.61 Å². The van der Waals surface area contributed by atoms with E-state index in [1.807, 2.05) is 0 Å². The molecule has 0 fully saturated rings. The summed E-state index contributed by atoms with van der Waals surface area (Å²) in [6, 6.07) is 6.38. The maximum atomic E-state index is 11.7. The molecule has 1 heterocycles. The number of benzene rings is 1. The fraction of sp³-hybridized carbons (Fsp3) is 0.286. The second-order valence-corrected chi connectivity index (χ2v) is 3.92. The van der Waals surface area contributed by atoms with Gasteiger partial charge < -0.3 is 18.6 Å². The lowest BCUT2D eigenvalue weighted by Crippen LogP contribution is -2.16. The number of hydrogen-bond donors (Lipinski definition) is 0. The molecule has 106 valence electrons. The van der Waals surface area contributed by atoms with Crippen molar-refractivity contribution in [2.45, 2.75) is 6.92 Å². The Hall–Kier alpha value is -2.34. The molecule has 0 saturated carbocycles. The van der Waals surface area contributed by atoms with Crippen molar-refractivity contribution < 1.29 is 23.4 Å². The number of esters is 1. The lowest BCUT2D eigenvalue weighted by Gasteiger charge is -2.06. The predicted octanol–water partition coefficient (Wildman–Crippen LogP) is 1.95. The molecule has 20 heavy (non-hydrogen) atoms. The first-order valence-electron chi connectivity index (χ1n) is 6.02. The van der Waals surface area contributed by atoms with E-state index < -0.39 is 11.6 Å². The van der Waals surface area contributed by atoms with Crippen LogP contribution >= 0.6 is 0 Å². The molecule has 1 aromatic heterocycles. The molecule has 2 aromatic rings. The lowest BCUT2D eigenvalue weighted by molar-refractivity contribution is 0.0511. The van der Waals surface area contributed by atoms with Gasteiger partial charge in [-0.15, -0.1) is 0 Å². The van der Waals surface area contributed by atoms with Crippen LogP contribution in [0.2, 0.25) is 0 Å². The average Bonchev–Trinajstić information content (AvgIpc) is 2.44. The van der Waals surface area contributed by atoms with E-state index in [1.54, 1.807) is 25.1 Å². The topological polar surface area (TPSA) is 75.0 Å². The summed E-state index contributed by atoms with van der Waals surface area (Å²) in [5, 5.41) is 0.609. The summed E-state index contributed by atoms with van der Waals surface area (Å²) in [4.78, 5) is 23.3. The monoisotopic (exact) mass is 278 g/mol. The highest BCUT2D eigenvalue weighted by atomic mass is 16.7. The van der Waals surface area contributed by atoms with Crippen molar-refractivity contribution >= 4 is 16.9 Å². The zero-order valence-corrected chi connectivity index (χ0v) is 11.2. The smallest absolute Gasteiger partial charge is 0.351 e. The van der Waals surface area contributed by atoms with Crippen LogP contribution in [-0.4, -0.2) is 26.5 Å². The van der Waals surface area contributed by atoms with Crippen molar-refractivity contribution in [1.29, 1.82) is 0 Å². The Morgan fingerprint density at radius 3 is 2.80 bits per heavy atom. The van der Waals surface area contributed by atoms with E-state index in [4.69, 9.17) is 18.6 Å². The number of hydrogen-bond acceptors (Lipinski definition) is 6. The molecule has 0 aliphatic rings. The van der Waals surface area contributed by atoms with E-state index in [0.29, 0.717) is 16.7 Å². The molecule has 1 aromatic carbocycles. The highest BCUT2D eigenvalue weighted by Gasteiger charge is 2.14. The van der Waals surface area contributed by atoms with Crippen LogP contribution in [-0.2, 0) is 9.47 Å². The van der Waals surface area contributed by atoms with Gasteiger partial charge in [-0.3, -0.25) is 0 Å². The highest BCUT2D eigenvalue weighted by molar-refractivity contribution is 5.93. The van der Waals surface area contributed by atoms with E-state index >= 15 is 0 Å². The third kappa shape index (κ3) is 2.97. The fourth-order valence-electron chi connectivity index (χ4n) is 1.66. The van der Waals surface area contributed by atoms with Crippen molar-refractivity contribution in [3.8, 4) is 5.75 Å². The van der Waals surface area contributed by atoms with Crippen molar-refractivity contribution in [1.82, 2.24) is 0 Å². The molecule has 0 aliphatic carbocycles. The van der Waals surface area contributed by atoms with Crippen molar-refractivity contribution in [2.24, 2.45) is 0 Å². The minimum Gasteiger partial charge on any atom is -0.467 e. The Morgan fingerprint density at radius 1 is 1.30 bits per heavy atom. The number of carbonyl (C=O) groups is 1. The van der Waals surface area contributed by atoms with Gasteiger partial charge in [0.15, 0.2) is 6.79 Å². The summed E-state index contributed by atoms with van der Waals surface area (Å²) in [6.45, 7) is 1.96. The Labute approximate surface area is 114 Å². The fourth-order valence-corrected chi connectivity index (χ4v) is 1.66. The first kappa shape index (κ1) is 14.1. The van der Waals surface area contributed by atoms with Gasteiger partial charge in [-0.2, -0.15) is 0 Å². The Morgan fingerprint density at radius 2 is 2.10 bits per heavy atom.